The molecule has 10 nitrogen and oxygen atoms in total. The molecule has 6 rings (SSSR count). The third-order valence-corrected chi connectivity index (χ3v) is 7.41. The number of nitrogens with one attached hydrogen (secondary N) is 2. The van der Waals surface area contributed by atoms with Crippen LogP contribution < -0.4 is 25.7 Å². The predicted molar refractivity (Wildman–Crippen MR) is 143 cm³/mol. The maximum absolute atomic E-state index is 12.8. The number of aromatic nitrogens is 2. The first-order valence-electron chi connectivity index (χ1n) is 13.4. The van der Waals surface area contributed by atoms with Gasteiger partial charge in [-0.3, -0.25) is 14.5 Å². The van der Waals surface area contributed by atoms with E-state index in [0.29, 0.717) is 37.9 Å². The van der Waals surface area contributed by atoms with Crippen LogP contribution in [0.25, 0.3) is 10.9 Å². The van der Waals surface area contributed by atoms with E-state index in [4.69, 9.17) is 14.2 Å². The minimum Gasteiger partial charge on any atom is -0.494 e. The molecule has 200 valence electrons. The minimum absolute atomic E-state index is 0.00741. The first-order valence-corrected chi connectivity index (χ1v) is 13.4. The molecular formula is C28H33N5O5. The van der Waals surface area contributed by atoms with Gasteiger partial charge >= 0.3 is 0 Å². The Hall–Kier alpha value is -3.47. The Morgan fingerprint density at radius 1 is 0.974 bits per heavy atom. The van der Waals surface area contributed by atoms with Crippen LogP contribution in [-0.2, 0) is 22.6 Å². The molecule has 3 atom stereocenters. The molecule has 1 aromatic carbocycles. The Morgan fingerprint density at radius 2 is 1.87 bits per heavy atom. The van der Waals surface area contributed by atoms with Gasteiger partial charge in [0.05, 0.1) is 23.9 Å². The summed E-state index contributed by atoms with van der Waals surface area (Å²) in [5.41, 5.74) is 1.72. The summed E-state index contributed by atoms with van der Waals surface area (Å²) in [6.45, 7) is 4.84. The van der Waals surface area contributed by atoms with Crippen molar-refractivity contribution in [3.05, 3.63) is 58.5 Å². The van der Waals surface area contributed by atoms with E-state index in [1.165, 1.54) is 0 Å². The number of nitrogens with zero attached hydrogens (tertiary/aromatic N) is 3. The lowest BCUT2D eigenvalue weighted by atomic mass is 10.2. The summed E-state index contributed by atoms with van der Waals surface area (Å²) in [6, 6.07) is 13.4. The Kier molecular flexibility index (Phi) is 7.26. The van der Waals surface area contributed by atoms with E-state index in [2.05, 4.69) is 20.5 Å². The van der Waals surface area contributed by atoms with Crippen LogP contribution in [0.2, 0.25) is 0 Å². The molecule has 4 bridgehead atoms. The SMILES string of the molecule is O=C1COc2ccc(CN[C@@H]3CN4CCn5c(=O)ccc6ccc(cc65)OCCCCCO[C@@H]3C4)nc2N1. The Balaban J connectivity index is 1.17. The van der Waals surface area contributed by atoms with Crippen molar-refractivity contribution in [1.82, 2.24) is 19.8 Å². The molecule has 3 aliphatic rings. The normalized spacial score (nSPS) is 23.9. The zero-order valence-corrected chi connectivity index (χ0v) is 21.4. The average molecular weight is 520 g/mol. The van der Waals surface area contributed by atoms with Gasteiger partial charge in [-0.2, -0.15) is 0 Å². The number of carbonyl (C=O) groups is 1. The van der Waals surface area contributed by atoms with E-state index >= 15 is 0 Å². The van der Waals surface area contributed by atoms with Crippen molar-refractivity contribution in [3.63, 3.8) is 0 Å². The molecule has 0 saturated carbocycles. The predicted octanol–water partition coefficient (Wildman–Crippen LogP) is 2.15. The van der Waals surface area contributed by atoms with Gasteiger partial charge in [-0.25, -0.2) is 4.98 Å². The Labute approximate surface area is 220 Å². The van der Waals surface area contributed by atoms with Crippen molar-refractivity contribution in [2.75, 3.05) is 44.8 Å². The summed E-state index contributed by atoms with van der Waals surface area (Å²) in [4.78, 5) is 31.4. The van der Waals surface area contributed by atoms with Crippen molar-refractivity contribution in [2.24, 2.45) is 0 Å². The molecule has 10 heteroatoms. The van der Waals surface area contributed by atoms with Gasteiger partial charge in [0.25, 0.3) is 11.5 Å². The van der Waals surface area contributed by atoms with Gasteiger partial charge < -0.3 is 29.4 Å². The number of fused-ring (bicyclic) bond motifs is 4. The first kappa shape index (κ1) is 24.8. The molecule has 2 N–H and O–H groups in total. The van der Waals surface area contributed by atoms with Crippen LogP contribution in [0.1, 0.15) is 25.0 Å². The van der Waals surface area contributed by atoms with Crippen LogP contribution in [-0.4, -0.2) is 72.0 Å². The summed E-state index contributed by atoms with van der Waals surface area (Å²) in [5, 5.41) is 7.42. The number of benzene rings is 1. The van der Waals surface area contributed by atoms with Crippen LogP contribution in [0.4, 0.5) is 5.82 Å². The standard InChI is InChI=1S/C28H33N5O5/c34-26-18-38-24-8-6-20(30-28(24)31-26)15-29-22-16-32-10-11-33-23-14-21(7-4-19(23)5-9-27(33)35)36-12-2-1-3-13-37-25(22)17-32/h4-9,14,22,25,29H,1-3,10-13,15-18H2,(H,30,31,34)/t22-,25-/m1/s1. The van der Waals surface area contributed by atoms with Crippen LogP contribution in [0.3, 0.4) is 0 Å². The molecule has 1 fully saturated rings. The van der Waals surface area contributed by atoms with Gasteiger partial charge in [-0.05, 0) is 55.0 Å². The van der Waals surface area contributed by atoms with E-state index in [1.807, 2.05) is 41.0 Å². The van der Waals surface area contributed by atoms with E-state index < -0.39 is 0 Å². The topological polar surface area (TPSA) is 107 Å². The molecular weight excluding hydrogens is 486 g/mol. The number of rotatable bonds is 3. The molecule has 3 aromatic rings. The first-order chi connectivity index (χ1) is 18.6. The Morgan fingerprint density at radius 3 is 2.82 bits per heavy atom. The number of carbonyl (C=O) groups excluding carboxylic acids is 1. The van der Waals surface area contributed by atoms with Gasteiger partial charge in [0.2, 0.25) is 0 Å². The highest BCUT2D eigenvalue weighted by Gasteiger charge is 2.33. The monoisotopic (exact) mass is 519 g/mol. The summed E-state index contributed by atoms with van der Waals surface area (Å²) < 4.78 is 19.6. The third-order valence-electron chi connectivity index (χ3n) is 7.41. The molecule has 5 heterocycles. The number of ether oxygens (including phenoxy) is 3. The number of pyridine rings is 2. The highest BCUT2D eigenvalue weighted by Crippen LogP contribution is 2.26. The molecule has 1 amide bonds. The lowest BCUT2D eigenvalue weighted by Gasteiger charge is -2.21. The fourth-order valence-electron chi connectivity index (χ4n) is 5.37. The van der Waals surface area contributed by atoms with Gasteiger partial charge in [-0.15, -0.1) is 0 Å². The number of hydrogen-bond donors (Lipinski definition) is 2. The second kappa shape index (κ2) is 11.1. The fraction of sp³-hybridized carbons (Fsp3) is 0.464. The molecule has 2 aromatic heterocycles. The third kappa shape index (κ3) is 5.52. The van der Waals surface area contributed by atoms with Gasteiger partial charge in [0, 0.05) is 57.5 Å². The largest absolute Gasteiger partial charge is 0.494 e. The highest BCUT2D eigenvalue weighted by molar-refractivity contribution is 5.94. The van der Waals surface area contributed by atoms with Gasteiger partial charge in [0.15, 0.2) is 18.2 Å². The van der Waals surface area contributed by atoms with Crippen molar-refractivity contribution < 1.29 is 19.0 Å². The smallest absolute Gasteiger partial charge is 0.263 e. The van der Waals surface area contributed by atoms with E-state index in [-0.39, 0.29) is 30.2 Å². The van der Waals surface area contributed by atoms with E-state index in [1.54, 1.807) is 6.07 Å². The van der Waals surface area contributed by atoms with Crippen LogP contribution in [0.5, 0.6) is 11.5 Å². The highest BCUT2D eigenvalue weighted by atomic mass is 16.5. The second-order valence-corrected chi connectivity index (χ2v) is 10.1. The maximum Gasteiger partial charge on any atom is 0.263 e. The average Bonchev–Trinajstić information content (AvgIpc) is 3.31. The van der Waals surface area contributed by atoms with Crippen molar-refractivity contribution in [2.45, 2.75) is 44.5 Å². The molecule has 1 saturated heterocycles. The number of amides is 1. The van der Waals surface area contributed by atoms with Gasteiger partial charge in [0.1, 0.15) is 5.75 Å². The molecule has 3 aliphatic heterocycles. The van der Waals surface area contributed by atoms with Crippen LogP contribution in [0.15, 0.2) is 47.3 Å². The van der Waals surface area contributed by atoms with Crippen molar-refractivity contribution in [1.29, 1.82) is 0 Å². The molecule has 0 radical (unpaired) electrons. The Bertz CT molecular complexity index is 1380. The molecule has 1 unspecified atom stereocenters. The number of anilines is 1. The second-order valence-electron chi connectivity index (χ2n) is 10.1. The van der Waals surface area contributed by atoms with Gasteiger partial charge in [-0.1, -0.05) is 0 Å². The zero-order valence-electron chi connectivity index (χ0n) is 21.4. The lowest BCUT2D eigenvalue weighted by Crippen LogP contribution is -2.40. The minimum atomic E-state index is -0.196. The number of hydrogen-bond acceptors (Lipinski definition) is 8. The maximum atomic E-state index is 12.8. The fourth-order valence-corrected chi connectivity index (χ4v) is 5.37. The summed E-state index contributed by atoms with van der Waals surface area (Å²) in [6.07, 6.45) is 3.00. The molecule has 38 heavy (non-hydrogen) atoms. The summed E-state index contributed by atoms with van der Waals surface area (Å²) >= 11 is 0. The van der Waals surface area contributed by atoms with E-state index in [0.717, 1.165) is 61.2 Å². The van der Waals surface area contributed by atoms with Crippen LogP contribution in [0, 0.1) is 0 Å². The van der Waals surface area contributed by atoms with E-state index in [9.17, 15) is 9.59 Å². The zero-order chi connectivity index (χ0) is 25.9. The molecule has 0 spiro atoms. The lowest BCUT2D eigenvalue weighted by molar-refractivity contribution is -0.118. The summed E-state index contributed by atoms with van der Waals surface area (Å²) in [7, 11) is 0. The van der Waals surface area contributed by atoms with Crippen LogP contribution >= 0.6 is 0 Å². The van der Waals surface area contributed by atoms with Crippen molar-refractivity contribution in [3.8, 4) is 11.5 Å². The molecule has 0 aliphatic carbocycles. The quantitative estimate of drug-likeness (QED) is 0.542. The summed E-state index contributed by atoms with van der Waals surface area (Å²) in [5.74, 6) is 1.66. The van der Waals surface area contributed by atoms with Crippen molar-refractivity contribution >= 4 is 22.6 Å².